The average Bonchev–Trinajstić information content (AvgIpc) is 3.55. The van der Waals surface area contributed by atoms with Gasteiger partial charge in [-0.25, -0.2) is 0 Å². The summed E-state index contributed by atoms with van der Waals surface area (Å²) in [6, 6.07) is 65.0. The van der Waals surface area contributed by atoms with Gasteiger partial charge in [-0.15, -0.1) is 0 Å². The minimum Gasteiger partial charge on any atom is -0.310 e. The molecule has 9 aromatic rings. The zero-order chi connectivity index (χ0) is 49.0. The van der Waals surface area contributed by atoms with E-state index in [1.807, 2.05) is 0 Å². The maximum Gasteiger partial charge on any atom is 0.0468 e. The first-order valence-corrected chi connectivity index (χ1v) is 25.1. The van der Waals surface area contributed by atoms with E-state index in [-0.39, 0.29) is 27.1 Å². The monoisotopic (exact) mass is 903 g/mol. The van der Waals surface area contributed by atoms with Gasteiger partial charge in [0.2, 0.25) is 0 Å². The van der Waals surface area contributed by atoms with Gasteiger partial charge in [-0.3, -0.25) is 0 Å². The van der Waals surface area contributed by atoms with E-state index in [1.165, 1.54) is 76.8 Å². The highest BCUT2D eigenvalue weighted by Gasteiger charge is 2.40. The van der Waals surface area contributed by atoms with E-state index in [9.17, 15) is 0 Å². The van der Waals surface area contributed by atoms with Crippen molar-refractivity contribution in [3.05, 3.63) is 203 Å². The molecule has 0 N–H and O–H groups in total. The molecule has 9 aromatic carbocycles. The predicted molar refractivity (Wildman–Crippen MR) is 301 cm³/mol. The van der Waals surface area contributed by atoms with Gasteiger partial charge in [-0.05, 0) is 171 Å². The summed E-state index contributed by atoms with van der Waals surface area (Å²) in [7, 11) is 0. The zero-order valence-electron chi connectivity index (χ0n) is 43.6. The summed E-state index contributed by atoms with van der Waals surface area (Å²) in [4.78, 5) is 4.86. The molecule has 0 heterocycles. The molecule has 0 spiro atoms. The maximum atomic E-state index is 2.45. The topological polar surface area (TPSA) is 6.48 Å². The minimum atomic E-state index is -0.272. The van der Waals surface area contributed by atoms with Gasteiger partial charge in [-0.2, -0.15) is 0 Å². The molecule has 2 heteroatoms. The third-order valence-electron chi connectivity index (χ3n) is 15.0. The Balaban J connectivity index is 1.12. The molecule has 2 nitrogen and oxygen atoms in total. The lowest BCUT2D eigenvalue weighted by Crippen LogP contribution is -2.17. The summed E-state index contributed by atoms with van der Waals surface area (Å²) in [6.45, 7) is 32.3. The van der Waals surface area contributed by atoms with Gasteiger partial charge in [0.1, 0.15) is 0 Å². The van der Waals surface area contributed by atoms with E-state index in [1.54, 1.807) is 0 Å². The average molecular weight is 903 g/mol. The summed E-state index contributed by atoms with van der Waals surface area (Å²) < 4.78 is 0. The molecule has 0 amide bonds. The van der Waals surface area contributed by atoms with Crippen molar-refractivity contribution in [2.45, 2.75) is 124 Å². The van der Waals surface area contributed by atoms with Crippen molar-refractivity contribution in [3.8, 4) is 11.1 Å². The van der Waals surface area contributed by atoms with Crippen LogP contribution >= 0.6 is 0 Å². The second-order valence-electron chi connectivity index (χ2n) is 24.4. The molecule has 69 heavy (non-hydrogen) atoms. The van der Waals surface area contributed by atoms with Gasteiger partial charge in [-0.1, -0.05) is 194 Å². The lowest BCUT2D eigenvalue weighted by atomic mass is 9.77. The maximum absolute atomic E-state index is 2.45. The van der Waals surface area contributed by atoms with Crippen LogP contribution in [0.15, 0.2) is 170 Å². The van der Waals surface area contributed by atoms with Crippen LogP contribution in [0.2, 0.25) is 0 Å². The lowest BCUT2D eigenvalue weighted by molar-refractivity contribution is 0.590. The summed E-state index contributed by atoms with van der Waals surface area (Å²) in [5.74, 6) is 0. The van der Waals surface area contributed by atoms with Gasteiger partial charge in [0.25, 0.3) is 0 Å². The number of fused-ring (bicyclic) bond motifs is 10. The molecule has 0 aromatic heterocycles. The van der Waals surface area contributed by atoms with Crippen molar-refractivity contribution in [2.24, 2.45) is 0 Å². The van der Waals surface area contributed by atoms with Crippen molar-refractivity contribution in [3.63, 3.8) is 0 Å². The van der Waals surface area contributed by atoms with Crippen LogP contribution in [0, 0.1) is 0 Å². The summed E-state index contributed by atoms with van der Waals surface area (Å²) in [5.41, 5.74) is 17.7. The third kappa shape index (κ3) is 8.10. The van der Waals surface area contributed by atoms with E-state index in [4.69, 9.17) is 0 Å². The number of hydrogen-bond acceptors (Lipinski definition) is 2. The largest absolute Gasteiger partial charge is 0.310 e. The molecule has 1 aliphatic rings. The molecule has 0 aliphatic heterocycles. The van der Waals surface area contributed by atoms with Gasteiger partial charge in [0.15, 0.2) is 0 Å². The van der Waals surface area contributed by atoms with Crippen molar-refractivity contribution >= 4 is 66.4 Å². The number of benzene rings is 9. The Bertz CT molecular complexity index is 3280. The van der Waals surface area contributed by atoms with E-state index in [2.05, 4.69) is 277 Å². The van der Waals surface area contributed by atoms with Crippen LogP contribution in [0.5, 0.6) is 0 Å². The SMILES string of the molecule is CC(C)(C)c1ccc(N(c2ccc(C(C)(C)C)cc2)c2ccc3c4c(ccc3c2)-c2c(c3ccc(N(c5ccc(C(C)(C)C)cc5)c5ccc(C(C)(C)C)cc5)cc3c3ccccc23)C4(C)C)cc1. The van der Waals surface area contributed by atoms with Crippen LogP contribution in [-0.4, -0.2) is 0 Å². The first-order valence-electron chi connectivity index (χ1n) is 25.1. The fourth-order valence-electron chi connectivity index (χ4n) is 11.0. The Morgan fingerprint density at radius 1 is 0.304 bits per heavy atom. The van der Waals surface area contributed by atoms with E-state index in [0.717, 1.165) is 34.1 Å². The molecule has 0 radical (unpaired) electrons. The highest BCUT2D eigenvalue weighted by molar-refractivity contribution is 6.20. The number of anilines is 6. The molecule has 0 bridgehead atoms. The Hall–Kier alpha value is -6.64. The fourth-order valence-corrected chi connectivity index (χ4v) is 11.0. The van der Waals surface area contributed by atoms with Crippen LogP contribution in [0.1, 0.15) is 130 Å². The van der Waals surface area contributed by atoms with E-state index in [0.29, 0.717) is 0 Å². The third-order valence-corrected chi connectivity index (χ3v) is 15.0. The Morgan fingerprint density at radius 3 is 1.07 bits per heavy atom. The highest BCUT2D eigenvalue weighted by atomic mass is 15.1. The van der Waals surface area contributed by atoms with Gasteiger partial charge in [0, 0.05) is 39.5 Å². The first kappa shape index (κ1) is 46.1. The molecule has 348 valence electrons. The molecule has 0 saturated carbocycles. The number of rotatable bonds is 6. The molecule has 10 rings (SSSR count). The predicted octanol–water partition coefficient (Wildman–Crippen LogP) is 19.6. The quantitative estimate of drug-likeness (QED) is 0.153. The second kappa shape index (κ2) is 16.2. The molecular weight excluding hydrogens is 833 g/mol. The minimum absolute atomic E-state index is 0.0656. The van der Waals surface area contributed by atoms with Crippen LogP contribution in [0.25, 0.3) is 43.4 Å². The molecule has 0 fully saturated rings. The second-order valence-corrected chi connectivity index (χ2v) is 24.4. The number of nitrogens with zero attached hydrogens (tertiary/aromatic N) is 2. The lowest BCUT2D eigenvalue weighted by Gasteiger charge is -2.29. The van der Waals surface area contributed by atoms with Gasteiger partial charge in [0.05, 0.1) is 0 Å². The van der Waals surface area contributed by atoms with Crippen molar-refractivity contribution < 1.29 is 0 Å². The molecule has 1 aliphatic carbocycles. The van der Waals surface area contributed by atoms with Gasteiger partial charge >= 0.3 is 0 Å². The number of hydrogen-bond donors (Lipinski definition) is 0. The van der Waals surface area contributed by atoms with E-state index >= 15 is 0 Å². The van der Waals surface area contributed by atoms with Crippen molar-refractivity contribution in [1.82, 2.24) is 0 Å². The smallest absolute Gasteiger partial charge is 0.0468 e. The Morgan fingerprint density at radius 2 is 0.667 bits per heavy atom. The summed E-state index contributed by atoms with van der Waals surface area (Å²) in [5, 5.41) is 7.73. The molecule has 0 atom stereocenters. The van der Waals surface area contributed by atoms with Crippen molar-refractivity contribution in [2.75, 3.05) is 9.80 Å². The standard InChI is InChI=1S/C67H70N2/c1-63(2,3)44-20-28-48(29-21-44)68(49-30-22-45(23-31-49)64(4,5)6)52-36-39-54-43(41-52)19-38-58-60-56-18-16-15-17-55(56)59-42-53(37-40-57(59)62(60)67(13,14)61(54)58)69(50-32-24-46(25-33-50)65(7,8)9)51-34-26-47(27-35-51)66(10,11)12/h15-42H,1-14H3. The van der Waals surface area contributed by atoms with E-state index < -0.39 is 0 Å². The molecule has 0 unspecified atom stereocenters. The van der Waals surface area contributed by atoms with Crippen LogP contribution < -0.4 is 9.80 Å². The fraction of sp³-hybridized carbons (Fsp3) is 0.284. The Kier molecular flexibility index (Phi) is 10.8. The Labute approximate surface area is 412 Å². The zero-order valence-corrected chi connectivity index (χ0v) is 43.6. The normalized spacial score (nSPS) is 13.8. The summed E-state index contributed by atoms with van der Waals surface area (Å²) in [6.07, 6.45) is 0. The molecular formula is C67H70N2. The first-order chi connectivity index (χ1) is 32.5. The molecule has 0 saturated heterocycles. The van der Waals surface area contributed by atoms with Crippen LogP contribution in [-0.2, 0) is 27.1 Å². The van der Waals surface area contributed by atoms with Crippen molar-refractivity contribution in [1.29, 1.82) is 0 Å². The van der Waals surface area contributed by atoms with Crippen LogP contribution in [0.3, 0.4) is 0 Å². The highest BCUT2D eigenvalue weighted by Crippen LogP contribution is 2.57. The van der Waals surface area contributed by atoms with Crippen LogP contribution in [0.4, 0.5) is 34.1 Å². The van der Waals surface area contributed by atoms with Gasteiger partial charge < -0.3 is 9.80 Å². The summed E-state index contributed by atoms with van der Waals surface area (Å²) >= 11 is 0.